The lowest BCUT2D eigenvalue weighted by molar-refractivity contribution is 0.456. The predicted octanol–water partition coefficient (Wildman–Crippen LogP) is 20.8. The van der Waals surface area contributed by atoms with Gasteiger partial charge in [-0.25, -0.2) is 0 Å². The quantitative estimate of drug-likeness (QED) is 0.114. The third-order valence-corrected chi connectivity index (χ3v) is 16.9. The van der Waals surface area contributed by atoms with Crippen molar-refractivity contribution in [3.8, 4) is 34.1 Å². The van der Waals surface area contributed by atoms with Crippen molar-refractivity contribution in [2.75, 3.05) is 0 Å². The van der Waals surface area contributed by atoms with Gasteiger partial charge in [-0.1, -0.05) is 251 Å². The molecule has 0 heterocycles. The van der Waals surface area contributed by atoms with Gasteiger partial charge in [0.2, 0.25) is 0 Å². The zero-order chi connectivity index (χ0) is 56.1. The Morgan fingerprint density at radius 2 is 0.533 bits per heavy atom. The Morgan fingerprint density at radius 1 is 0.280 bits per heavy atom. The molecule has 0 aliphatic rings. The van der Waals surface area contributed by atoms with Gasteiger partial charge in [-0.15, -0.1) is 0 Å². The zero-order valence-corrected chi connectivity index (χ0v) is 52.6. The second-order valence-corrected chi connectivity index (χ2v) is 31.9. The van der Waals surface area contributed by atoms with Gasteiger partial charge in [-0.05, 0) is 119 Å². The van der Waals surface area contributed by atoms with Gasteiger partial charge in [0.1, 0.15) is 23.0 Å². The van der Waals surface area contributed by atoms with E-state index in [0.29, 0.717) is 6.16 Å². The molecular weight excluding hydrogens is 955 g/mol. The van der Waals surface area contributed by atoms with Crippen LogP contribution in [0.25, 0.3) is 11.1 Å². The van der Waals surface area contributed by atoms with E-state index in [4.69, 9.17) is 18.1 Å². The van der Waals surface area contributed by atoms with Crippen LogP contribution in [0.1, 0.15) is 216 Å². The van der Waals surface area contributed by atoms with Crippen molar-refractivity contribution in [2.24, 2.45) is 0 Å². The average Bonchev–Trinajstić information content (AvgIpc) is 3.26. The average molecular weight is 1050 g/mol. The van der Waals surface area contributed by atoms with Crippen molar-refractivity contribution in [3.05, 3.63) is 171 Å². The molecule has 0 spiro atoms. The van der Waals surface area contributed by atoms with E-state index < -0.39 is 16.8 Å². The smallest absolute Gasteiger partial charge is 0.326 e. The molecule has 6 aromatic rings. The molecule has 0 bridgehead atoms. The number of benzene rings is 6. The Morgan fingerprint density at radius 3 is 0.787 bits per heavy atom. The summed E-state index contributed by atoms with van der Waals surface area (Å²) in [5.41, 5.74) is 12.7. The molecule has 0 unspecified atom stereocenters. The summed E-state index contributed by atoms with van der Waals surface area (Å²) in [7, 11) is -3.08. The normalized spacial score (nSPS) is 13.4. The largest absolute Gasteiger partial charge is 0.438 e. The van der Waals surface area contributed by atoms with E-state index in [-0.39, 0.29) is 43.3 Å². The Bertz CT molecular complexity index is 2750. The maximum atomic E-state index is 7.19. The second-order valence-electron chi connectivity index (χ2n) is 29.2. The molecule has 0 fully saturated rings. The Labute approximate surface area is 459 Å². The van der Waals surface area contributed by atoms with Crippen LogP contribution in [-0.2, 0) is 49.5 Å². The van der Waals surface area contributed by atoms with Crippen molar-refractivity contribution in [1.29, 1.82) is 0 Å². The van der Waals surface area contributed by atoms with Crippen molar-refractivity contribution < 1.29 is 18.1 Å². The molecule has 0 N–H and O–H groups in total. The van der Waals surface area contributed by atoms with Gasteiger partial charge in [0.05, 0.1) is 11.5 Å². The number of rotatable bonds is 12. The summed E-state index contributed by atoms with van der Waals surface area (Å²) < 4.78 is 28.7. The summed E-state index contributed by atoms with van der Waals surface area (Å²) in [6.07, 6.45) is 0.614. The van der Waals surface area contributed by atoms with E-state index in [2.05, 4.69) is 287 Å². The van der Waals surface area contributed by atoms with Crippen LogP contribution in [0.2, 0.25) is 0 Å². The van der Waals surface area contributed by atoms with Crippen LogP contribution in [0.4, 0.5) is 0 Å². The maximum absolute atomic E-state index is 7.19. The van der Waals surface area contributed by atoms with Crippen LogP contribution >= 0.6 is 16.8 Å². The molecule has 0 aliphatic heterocycles. The molecule has 75 heavy (non-hydrogen) atoms. The van der Waals surface area contributed by atoms with E-state index in [1.165, 1.54) is 44.5 Å². The summed E-state index contributed by atoms with van der Waals surface area (Å²) in [5.74, 6) is 3.46. The van der Waals surface area contributed by atoms with Crippen LogP contribution in [0.5, 0.6) is 23.0 Å². The third kappa shape index (κ3) is 15.3. The van der Waals surface area contributed by atoms with Gasteiger partial charge in [0.15, 0.2) is 0 Å². The van der Waals surface area contributed by atoms with Gasteiger partial charge in [-0.3, -0.25) is 0 Å². The topological polar surface area (TPSA) is 36.9 Å². The molecule has 6 aromatic carbocycles. The van der Waals surface area contributed by atoms with E-state index in [0.717, 1.165) is 45.0 Å². The summed E-state index contributed by atoms with van der Waals surface area (Å²) in [5, 5.41) is 1.00. The fourth-order valence-corrected chi connectivity index (χ4v) is 11.7. The van der Waals surface area contributed by atoms with E-state index in [9.17, 15) is 0 Å². The van der Waals surface area contributed by atoms with Crippen molar-refractivity contribution in [2.45, 2.75) is 216 Å². The minimum atomic E-state index is -1.61. The SMILES string of the molecule is CC(C)(C)c1ccc(OP(Cc2ccc(-c3ccc(P(Oc4ccc(C(C)(C)C)cc4C(C)(C)C)Oc4ccc(C(C)(C)C)cc4C(C)(C)C)cc3)cc2)Oc2ccc(C(C)(C)C)cc2C(C)(C)C)c(C(C)(C)C)c1. The first-order valence-electron chi connectivity index (χ1n) is 27.3. The standard InChI is InChI=1S/C69H94O4P2/c1-62(2,3)49-31-37-58(54(41-49)66(13,14)15)70-74(71-59-38-32-50(63(4,5)6)42-55(59)67(16,17)18)45-46-25-27-47(28-26-46)48-29-35-53(36-30-48)75(72-60-39-33-51(64(7,8)9)43-56(60)68(19,20)21)73-61-40-34-52(65(10,11)12)44-57(61)69(22,23)24/h25-44H,45H2,1-24H3. The van der Waals surface area contributed by atoms with Gasteiger partial charge >= 0.3 is 8.38 Å². The van der Waals surface area contributed by atoms with Gasteiger partial charge in [0, 0.05) is 22.3 Å². The second kappa shape index (κ2) is 21.7. The van der Waals surface area contributed by atoms with Crippen molar-refractivity contribution >= 4 is 22.1 Å². The van der Waals surface area contributed by atoms with E-state index >= 15 is 0 Å². The van der Waals surface area contributed by atoms with E-state index in [1.54, 1.807) is 0 Å². The van der Waals surface area contributed by atoms with Gasteiger partial charge in [-0.2, -0.15) is 0 Å². The number of hydrogen-bond donors (Lipinski definition) is 0. The Balaban J connectivity index is 1.37. The molecule has 0 atom stereocenters. The first kappa shape index (κ1) is 59.6. The summed E-state index contributed by atoms with van der Waals surface area (Å²) in [6, 6.07) is 44.6. The monoisotopic (exact) mass is 1050 g/mol. The van der Waals surface area contributed by atoms with Gasteiger partial charge in [0.25, 0.3) is 8.38 Å². The molecule has 0 aromatic heterocycles. The Kier molecular flexibility index (Phi) is 17.2. The third-order valence-electron chi connectivity index (χ3n) is 14.1. The summed E-state index contributed by atoms with van der Waals surface area (Å²) in [4.78, 5) is 0. The summed E-state index contributed by atoms with van der Waals surface area (Å²) in [6.45, 7) is 54.4. The highest BCUT2D eigenvalue weighted by molar-refractivity contribution is 7.56. The molecule has 404 valence electrons. The van der Waals surface area contributed by atoms with E-state index in [1.807, 2.05) is 0 Å². The highest BCUT2D eigenvalue weighted by Gasteiger charge is 2.32. The first-order chi connectivity index (χ1) is 34.2. The first-order valence-corrected chi connectivity index (χ1v) is 29.8. The lowest BCUT2D eigenvalue weighted by atomic mass is 9.80. The van der Waals surface area contributed by atoms with Crippen LogP contribution < -0.4 is 23.4 Å². The molecule has 6 heteroatoms. The van der Waals surface area contributed by atoms with Crippen LogP contribution in [0.15, 0.2) is 121 Å². The molecule has 4 nitrogen and oxygen atoms in total. The van der Waals surface area contributed by atoms with Crippen molar-refractivity contribution in [1.82, 2.24) is 0 Å². The maximum Gasteiger partial charge on any atom is 0.326 e. The fraction of sp³-hybridized carbons (Fsp3) is 0.478. The minimum Gasteiger partial charge on any atom is -0.438 e. The zero-order valence-electron chi connectivity index (χ0n) is 50.8. The molecule has 0 saturated carbocycles. The molecule has 6 rings (SSSR count). The van der Waals surface area contributed by atoms with Crippen LogP contribution in [0, 0.1) is 0 Å². The highest BCUT2D eigenvalue weighted by Crippen LogP contribution is 2.51. The minimum absolute atomic E-state index is 0.00147. The number of hydrogen-bond acceptors (Lipinski definition) is 4. The van der Waals surface area contributed by atoms with Crippen molar-refractivity contribution in [3.63, 3.8) is 0 Å². The Hall–Kier alpha value is -4.62. The molecule has 0 radical (unpaired) electrons. The highest BCUT2D eigenvalue weighted by atomic mass is 31.2. The fourth-order valence-electron chi connectivity index (χ4n) is 8.98. The molecule has 0 aliphatic carbocycles. The van der Waals surface area contributed by atoms with Gasteiger partial charge < -0.3 is 18.1 Å². The lowest BCUT2D eigenvalue weighted by Gasteiger charge is -2.30. The molecule has 0 amide bonds. The van der Waals surface area contributed by atoms with Crippen LogP contribution in [0.3, 0.4) is 0 Å². The molecular formula is C69H94O4P2. The summed E-state index contributed by atoms with van der Waals surface area (Å²) >= 11 is 0. The molecule has 0 saturated heterocycles. The van der Waals surface area contributed by atoms with Crippen LogP contribution in [-0.4, -0.2) is 0 Å². The lowest BCUT2D eigenvalue weighted by Crippen LogP contribution is -2.20. The predicted molar refractivity (Wildman–Crippen MR) is 327 cm³/mol.